The number of nitrogens with two attached hydrogens (primary N) is 1. The Bertz CT molecular complexity index is 641. The molecule has 1 rings (SSSR count). The Kier molecular flexibility index (Phi) is 8.08. The lowest BCUT2D eigenvalue weighted by atomic mass is 10.1. The second-order valence-corrected chi connectivity index (χ2v) is 7.76. The van der Waals surface area contributed by atoms with Gasteiger partial charge in [0.05, 0.1) is 0 Å². The molecule has 0 radical (unpaired) electrons. The first-order valence-electron chi connectivity index (χ1n) is 8.38. The Balaban J connectivity index is 2.82. The van der Waals surface area contributed by atoms with Crippen molar-refractivity contribution in [2.45, 2.75) is 52.2 Å². The predicted molar refractivity (Wildman–Crippen MR) is 104 cm³/mol. The molecule has 3 amide bonds. The molecule has 144 valence electrons. The molecule has 0 aliphatic rings. The second kappa shape index (κ2) is 9.56. The summed E-state index contributed by atoms with van der Waals surface area (Å²) >= 11 is 3.31. The molecule has 0 spiro atoms. The van der Waals surface area contributed by atoms with Crippen LogP contribution in [0.4, 0.5) is 10.5 Å². The fourth-order valence-electron chi connectivity index (χ4n) is 2.21. The molecular weight excluding hydrogens is 402 g/mol. The van der Waals surface area contributed by atoms with Gasteiger partial charge in [0, 0.05) is 10.2 Å². The summed E-state index contributed by atoms with van der Waals surface area (Å²) < 4.78 is 6.18. The van der Waals surface area contributed by atoms with Gasteiger partial charge < -0.3 is 15.8 Å². The van der Waals surface area contributed by atoms with Crippen LogP contribution in [0.5, 0.6) is 0 Å². The molecular formula is C18H26BrN3O4. The first-order valence-corrected chi connectivity index (χ1v) is 9.17. The molecule has 1 aromatic carbocycles. The number of hydrogen-bond donors (Lipinski definition) is 2. The van der Waals surface area contributed by atoms with Crippen LogP contribution in [0, 0.1) is 0 Å². The SMILES string of the molecule is CCC[C@H](NC(=O)CN(C(N)=O)c1ccc(Br)cc1)C(=O)OC(C)(C)C. The summed E-state index contributed by atoms with van der Waals surface area (Å²) in [5.74, 6) is -0.988. The first-order chi connectivity index (χ1) is 12.0. The highest BCUT2D eigenvalue weighted by Gasteiger charge is 2.27. The van der Waals surface area contributed by atoms with E-state index in [1.807, 2.05) is 6.92 Å². The van der Waals surface area contributed by atoms with Crippen LogP contribution in [0.3, 0.4) is 0 Å². The number of primary amides is 1. The predicted octanol–water partition coefficient (Wildman–Crippen LogP) is 2.96. The molecule has 0 aliphatic heterocycles. The first kappa shape index (κ1) is 22.0. The number of carbonyl (C=O) groups is 3. The third-order valence-electron chi connectivity index (χ3n) is 3.31. The maximum atomic E-state index is 12.4. The van der Waals surface area contributed by atoms with Crippen molar-refractivity contribution in [1.29, 1.82) is 0 Å². The molecule has 3 N–H and O–H groups in total. The van der Waals surface area contributed by atoms with Gasteiger partial charge >= 0.3 is 12.0 Å². The zero-order chi connectivity index (χ0) is 19.9. The number of nitrogens with one attached hydrogen (secondary N) is 1. The summed E-state index contributed by atoms with van der Waals surface area (Å²) in [6.07, 6.45) is 1.13. The van der Waals surface area contributed by atoms with E-state index in [4.69, 9.17) is 10.5 Å². The number of carbonyl (C=O) groups excluding carboxylic acids is 3. The molecule has 26 heavy (non-hydrogen) atoms. The van der Waals surface area contributed by atoms with Gasteiger partial charge in [0.15, 0.2) is 0 Å². The molecule has 0 heterocycles. The summed E-state index contributed by atoms with van der Waals surface area (Å²) in [7, 11) is 0. The molecule has 1 atom stereocenters. The lowest BCUT2D eigenvalue weighted by molar-refractivity contribution is -0.158. The van der Waals surface area contributed by atoms with E-state index in [0.29, 0.717) is 18.5 Å². The highest BCUT2D eigenvalue weighted by Crippen LogP contribution is 2.18. The van der Waals surface area contributed by atoms with Crippen LogP contribution < -0.4 is 16.0 Å². The van der Waals surface area contributed by atoms with E-state index in [1.54, 1.807) is 45.0 Å². The van der Waals surface area contributed by atoms with E-state index in [1.165, 1.54) is 0 Å². The van der Waals surface area contributed by atoms with Crippen LogP contribution in [0.2, 0.25) is 0 Å². The molecule has 0 saturated heterocycles. The molecule has 7 nitrogen and oxygen atoms in total. The Morgan fingerprint density at radius 2 is 1.81 bits per heavy atom. The van der Waals surface area contributed by atoms with Crippen LogP contribution in [0.25, 0.3) is 0 Å². The van der Waals surface area contributed by atoms with E-state index >= 15 is 0 Å². The quantitative estimate of drug-likeness (QED) is 0.652. The minimum Gasteiger partial charge on any atom is -0.458 e. The lowest BCUT2D eigenvalue weighted by Crippen LogP contribution is -2.49. The van der Waals surface area contributed by atoms with Crippen LogP contribution in [0.15, 0.2) is 28.7 Å². The Labute approximate surface area is 162 Å². The smallest absolute Gasteiger partial charge is 0.329 e. The van der Waals surface area contributed by atoms with Gasteiger partial charge in [0.25, 0.3) is 0 Å². The molecule has 8 heteroatoms. The third kappa shape index (κ3) is 7.43. The average molecular weight is 428 g/mol. The average Bonchev–Trinajstić information content (AvgIpc) is 2.51. The normalized spacial score (nSPS) is 12.2. The summed E-state index contributed by atoms with van der Waals surface area (Å²) in [5, 5.41) is 2.63. The Morgan fingerprint density at radius 3 is 2.27 bits per heavy atom. The number of ether oxygens (including phenoxy) is 1. The number of rotatable bonds is 7. The molecule has 0 saturated carbocycles. The topological polar surface area (TPSA) is 102 Å². The number of urea groups is 1. The summed E-state index contributed by atoms with van der Waals surface area (Å²) in [6, 6.07) is 5.28. The van der Waals surface area contributed by atoms with Crippen molar-refractivity contribution in [3.05, 3.63) is 28.7 Å². The number of benzene rings is 1. The van der Waals surface area contributed by atoms with Crippen molar-refractivity contribution in [2.24, 2.45) is 5.73 Å². The van der Waals surface area contributed by atoms with Crippen LogP contribution in [0.1, 0.15) is 40.5 Å². The van der Waals surface area contributed by atoms with Crippen LogP contribution in [-0.2, 0) is 14.3 Å². The van der Waals surface area contributed by atoms with E-state index in [9.17, 15) is 14.4 Å². The van der Waals surface area contributed by atoms with Crippen molar-refractivity contribution in [2.75, 3.05) is 11.4 Å². The van der Waals surface area contributed by atoms with Gasteiger partial charge in [0.1, 0.15) is 18.2 Å². The summed E-state index contributed by atoms with van der Waals surface area (Å²) in [6.45, 7) is 6.90. The molecule has 0 aromatic heterocycles. The standard InChI is InChI=1S/C18H26BrN3O4/c1-5-6-14(16(24)26-18(2,3)4)21-15(23)11-22(17(20)25)13-9-7-12(19)8-10-13/h7-10,14H,5-6,11H2,1-4H3,(H2,20,25)(H,21,23)/t14-/m0/s1. The van der Waals surface area contributed by atoms with E-state index < -0.39 is 29.6 Å². The van der Waals surface area contributed by atoms with Crippen molar-refractivity contribution in [3.63, 3.8) is 0 Å². The highest BCUT2D eigenvalue weighted by atomic mass is 79.9. The van der Waals surface area contributed by atoms with Gasteiger partial charge in [-0.2, -0.15) is 0 Å². The van der Waals surface area contributed by atoms with Crippen molar-refractivity contribution >= 4 is 39.5 Å². The number of esters is 1. The van der Waals surface area contributed by atoms with Crippen molar-refractivity contribution in [1.82, 2.24) is 5.32 Å². The Hall–Kier alpha value is -2.09. The van der Waals surface area contributed by atoms with Crippen molar-refractivity contribution in [3.8, 4) is 0 Å². The number of nitrogens with zero attached hydrogens (tertiary/aromatic N) is 1. The maximum Gasteiger partial charge on any atom is 0.329 e. The molecule has 0 bridgehead atoms. The van der Waals surface area contributed by atoms with Gasteiger partial charge in [-0.3, -0.25) is 9.69 Å². The molecule has 0 unspecified atom stereocenters. The monoisotopic (exact) mass is 427 g/mol. The maximum absolute atomic E-state index is 12.4. The lowest BCUT2D eigenvalue weighted by Gasteiger charge is -2.25. The number of anilines is 1. The summed E-state index contributed by atoms with van der Waals surface area (Å²) in [5.41, 5.74) is 5.23. The zero-order valence-electron chi connectivity index (χ0n) is 15.5. The Morgan fingerprint density at radius 1 is 1.23 bits per heavy atom. The van der Waals surface area contributed by atoms with Crippen molar-refractivity contribution < 1.29 is 19.1 Å². The minimum absolute atomic E-state index is 0.292. The van der Waals surface area contributed by atoms with Crippen LogP contribution >= 0.6 is 15.9 Å². The number of halogens is 1. The number of hydrogen-bond acceptors (Lipinski definition) is 4. The molecule has 0 aliphatic carbocycles. The summed E-state index contributed by atoms with van der Waals surface area (Å²) in [4.78, 5) is 37.5. The molecule has 1 aromatic rings. The van der Waals surface area contributed by atoms with E-state index in [0.717, 1.165) is 9.37 Å². The molecule has 0 fully saturated rings. The third-order valence-corrected chi connectivity index (χ3v) is 3.84. The zero-order valence-corrected chi connectivity index (χ0v) is 17.1. The fourth-order valence-corrected chi connectivity index (χ4v) is 2.48. The van der Waals surface area contributed by atoms with E-state index in [-0.39, 0.29) is 6.54 Å². The van der Waals surface area contributed by atoms with Gasteiger partial charge in [0.2, 0.25) is 5.91 Å². The second-order valence-electron chi connectivity index (χ2n) is 6.84. The van der Waals surface area contributed by atoms with Gasteiger partial charge in [-0.05, 0) is 51.5 Å². The fraction of sp³-hybridized carbons (Fsp3) is 0.500. The van der Waals surface area contributed by atoms with Gasteiger partial charge in [-0.1, -0.05) is 29.3 Å². The minimum atomic E-state index is -0.772. The van der Waals surface area contributed by atoms with E-state index in [2.05, 4.69) is 21.2 Å². The largest absolute Gasteiger partial charge is 0.458 e. The van der Waals surface area contributed by atoms with Gasteiger partial charge in [-0.15, -0.1) is 0 Å². The van der Waals surface area contributed by atoms with Gasteiger partial charge in [-0.25, -0.2) is 9.59 Å². The highest BCUT2D eigenvalue weighted by molar-refractivity contribution is 9.10. The number of amides is 3. The van der Waals surface area contributed by atoms with Crippen LogP contribution in [-0.4, -0.2) is 36.1 Å².